The number of hydrogen-bond donors (Lipinski definition) is 2. The van der Waals surface area contributed by atoms with Crippen molar-refractivity contribution < 1.29 is 4.79 Å². The van der Waals surface area contributed by atoms with Gasteiger partial charge in [-0.25, -0.2) is 0 Å². The molecule has 2 unspecified atom stereocenters. The number of halogens is 2. The van der Waals surface area contributed by atoms with E-state index in [-0.39, 0.29) is 36.6 Å². The van der Waals surface area contributed by atoms with Crippen LogP contribution < -0.4 is 11.1 Å². The molecule has 1 saturated heterocycles. The minimum absolute atomic E-state index is 0. The van der Waals surface area contributed by atoms with Gasteiger partial charge in [0, 0.05) is 25.0 Å². The van der Waals surface area contributed by atoms with Gasteiger partial charge in [0.05, 0.1) is 0 Å². The molecular weight excluding hydrogens is 321 g/mol. The number of carbonyl (C=O) groups is 1. The van der Waals surface area contributed by atoms with Gasteiger partial charge in [0.2, 0.25) is 5.91 Å². The van der Waals surface area contributed by atoms with Gasteiger partial charge in [0.25, 0.3) is 0 Å². The molecule has 0 radical (unpaired) electrons. The van der Waals surface area contributed by atoms with Crippen molar-refractivity contribution >= 4 is 30.7 Å². The largest absolute Gasteiger partial charge is 0.354 e. The molecule has 4 nitrogen and oxygen atoms in total. The highest BCUT2D eigenvalue weighted by Crippen LogP contribution is 2.30. The van der Waals surface area contributed by atoms with Gasteiger partial charge in [-0.05, 0) is 57.5 Å². The summed E-state index contributed by atoms with van der Waals surface area (Å²) < 4.78 is 0. The molecule has 6 heteroatoms. The van der Waals surface area contributed by atoms with Crippen LogP contribution in [0.3, 0.4) is 0 Å². The molecule has 0 bridgehead atoms. The fourth-order valence-corrected chi connectivity index (χ4v) is 3.80. The molecule has 1 heterocycles. The van der Waals surface area contributed by atoms with E-state index in [2.05, 4.69) is 24.1 Å². The third kappa shape index (κ3) is 5.88. The second kappa shape index (κ2) is 10.7. The third-order valence-corrected chi connectivity index (χ3v) is 5.18. The van der Waals surface area contributed by atoms with Gasteiger partial charge in [0.15, 0.2) is 0 Å². The van der Waals surface area contributed by atoms with E-state index in [1.165, 1.54) is 25.9 Å². The summed E-state index contributed by atoms with van der Waals surface area (Å²) in [6.45, 7) is 8.33. The summed E-state index contributed by atoms with van der Waals surface area (Å²) in [4.78, 5) is 14.8. The number of rotatable bonds is 5. The second-order valence-corrected chi connectivity index (χ2v) is 6.87. The average Bonchev–Trinajstić information content (AvgIpc) is 2.92. The van der Waals surface area contributed by atoms with Crippen molar-refractivity contribution in [1.82, 2.24) is 10.2 Å². The second-order valence-electron chi connectivity index (χ2n) is 6.87. The molecule has 1 aliphatic carbocycles. The summed E-state index contributed by atoms with van der Waals surface area (Å²) in [6.07, 6.45) is 5.92. The molecular formula is C16H33Cl2N3O. The Morgan fingerprint density at radius 3 is 2.64 bits per heavy atom. The lowest BCUT2D eigenvalue weighted by atomic mass is 9.95. The van der Waals surface area contributed by atoms with E-state index in [1.807, 2.05) is 0 Å². The first-order chi connectivity index (χ1) is 9.61. The molecule has 1 aliphatic heterocycles. The number of nitrogens with zero attached hydrogens (tertiary/aromatic N) is 1. The fraction of sp³-hybridized carbons (Fsp3) is 0.938. The van der Waals surface area contributed by atoms with Crippen LogP contribution >= 0.6 is 24.8 Å². The molecule has 2 rings (SSSR count). The SMILES string of the molecule is CC1CCCN(C(C)CNC(=O)[C@@H]2CCC[C@@H]2CN)C1.Cl.Cl. The Morgan fingerprint density at radius 2 is 2.00 bits per heavy atom. The van der Waals surface area contributed by atoms with Crippen molar-refractivity contribution in [1.29, 1.82) is 0 Å². The van der Waals surface area contributed by atoms with Gasteiger partial charge in [0.1, 0.15) is 0 Å². The van der Waals surface area contributed by atoms with Crippen molar-refractivity contribution in [3.8, 4) is 0 Å². The van der Waals surface area contributed by atoms with Gasteiger partial charge in [-0.15, -0.1) is 24.8 Å². The first kappa shape index (κ1) is 22.0. The molecule has 2 fully saturated rings. The molecule has 4 atom stereocenters. The number of amides is 1. The number of likely N-dealkylation sites (tertiary alicyclic amines) is 1. The Morgan fingerprint density at radius 1 is 1.27 bits per heavy atom. The van der Waals surface area contributed by atoms with Crippen LogP contribution in [0.25, 0.3) is 0 Å². The topological polar surface area (TPSA) is 58.4 Å². The van der Waals surface area contributed by atoms with E-state index < -0.39 is 0 Å². The Balaban J connectivity index is 0.00000220. The molecule has 0 aromatic heterocycles. The highest BCUT2D eigenvalue weighted by atomic mass is 35.5. The van der Waals surface area contributed by atoms with E-state index in [0.717, 1.165) is 31.7 Å². The third-order valence-electron chi connectivity index (χ3n) is 5.18. The van der Waals surface area contributed by atoms with Crippen molar-refractivity contribution in [2.45, 2.75) is 52.0 Å². The lowest BCUT2D eigenvalue weighted by molar-refractivity contribution is -0.126. The van der Waals surface area contributed by atoms with Gasteiger partial charge < -0.3 is 11.1 Å². The monoisotopic (exact) mass is 353 g/mol. The smallest absolute Gasteiger partial charge is 0.223 e. The van der Waals surface area contributed by atoms with Crippen LogP contribution in [0.4, 0.5) is 0 Å². The molecule has 2 aliphatic rings. The number of nitrogens with one attached hydrogen (secondary N) is 1. The van der Waals surface area contributed by atoms with Crippen LogP contribution in [-0.2, 0) is 4.79 Å². The Labute approximate surface area is 147 Å². The quantitative estimate of drug-likeness (QED) is 0.797. The first-order valence-corrected chi connectivity index (χ1v) is 8.33. The van der Waals surface area contributed by atoms with Crippen molar-refractivity contribution in [3.05, 3.63) is 0 Å². The molecule has 0 aromatic carbocycles. The predicted octanol–water partition coefficient (Wildman–Crippen LogP) is 2.44. The summed E-state index contributed by atoms with van der Waals surface area (Å²) in [5, 5.41) is 3.16. The van der Waals surface area contributed by atoms with E-state index in [1.54, 1.807) is 0 Å². The van der Waals surface area contributed by atoms with E-state index in [4.69, 9.17) is 5.73 Å². The summed E-state index contributed by atoms with van der Waals surface area (Å²) in [6, 6.07) is 0.444. The van der Waals surface area contributed by atoms with Crippen LogP contribution in [0.2, 0.25) is 0 Å². The standard InChI is InChI=1S/C16H31N3O.2ClH/c1-12-5-4-8-19(11-12)13(2)10-18-16(20)15-7-3-6-14(15)9-17;;/h12-15H,3-11,17H2,1-2H3,(H,18,20);2*1H/t12?,13?,14-,15-;;/m1../s1. The Hall–Kier alpha value is -0.0300. The maximum absolute atomic E-state index is 12.3. The number of nitrogens with two attached hydrogens (primary N) is 1. The van der Waals surface area contributed by atoms with E-state index in [9.17, 15) is 4.79 Å². The normalized spacial score (nSPS) is 30.0. The molecule has 132 valence electrons. The Kier molecular flexibility index (Phi) is 10.7. The van der Waals surface area contributed by atoms with Gasteiger partial charge in [-0.3, -0.25) is 9.69 Å². The lowest BCUT2D eigenvalue weighted by Gasteiger charge is -2.35. The van der Waals surface area contributed by atoms with Gasteiger partial charge >= 0.3 is 0 Å². The fourth-order valence-electron chi connectivity index (χ4n) is 3.80. The van der Waals surface area contributed by atoms with E-state index in [0.29, 0.717) is 18.5 Å². The van der Waals surface area contributed by atoms with Crippen molar-refractivity contribution in [2.24, 2.45) is 23.5 Å². The highest BCUT2D eigenvalue weighted by molar-refractivity contribution is 5.85. The minimum Gasteiger partial charge on any atom is -0.354 e. The molecule has 0 spiro atoms. The van der Waals surface area contributed by atoms with Crippen LogP contribution in [0.15, 0.2) is 0 Å². The van der Waals surface area contributed by atoms with Crippen molar-refractivity contribution in [2.75, 3.05) is 26.2 Å². The zero-order chi connectivity index (χ0) is 14.5. The number of carbonyl (C=O) groups excluding carboxylic acids is 1. The van der Waals surface area contributed by atoms with E-state index >= 15 is 0 Å². The summed E-state index contributed by atoms with van der Waals surface area (Å²) in [5.74, 6) is 1.58. The van der Waals surface area contributed by atoms with Gasteiger partial charge in [-0.2, -0.15) is 0 Å². The van der Waals surface area contributed by atoms with Crippen LogP contribution in [0, 0.1) is 17.8 Å². The van der Waals surface area contributed by atoms with Gasteiger partial charge in [-0.1, -0.05) is 13.3 Å². The number of piperidine rings is 1. The zero-order valence-corrected chi connectivity index (χ0v) is 15.6. The maximum Gasteiger partial charge on any atom is 0.223 e. The average molecular weight is 354 g/mol. The molecule has 1 amide bonds. The molecule has 1 saturated carbocycles. The van der Waals surface area contributed by atoms with Crippen LogP contribution in [0.1, 0.15) is 46.0 Å². The van der Waals surface area contributed by atoms with Crippen LogP contribution in [-0.4, -0.2) is 43.0 Å². The summed E-state index contributed by atoms with van der Waals surface area (Å²) in [5.41, 5.74) is 5.76. The Bertz CT molecular complexity index is 331. The number of hydrogen-bond acceptors (Lipinski definition) is 3. The zero-order valence-electron chi connectivity index (χ0n) is 13.9. The van der Waals surface area contributed by atoms with Crippen molar-refractivity contribution in [3.63, 3.8) is 0 Å². The lowest BCUT2D eigenvalue weighted by Crippen LogP contribution is -2.47. The summed E-state index contributed by atoms with van der Waals surface area (Å²) in [7, 11) is 0. The maximum atomic E-state index is 12.3. The molecule has 22 heavy (non-hydrogen) atoms. The first-order valence-electron chi connectivity index (χ1n) is 8.33. The molecule has 0 aromatic rings. The molecule has 3 N–H and O–H groups in total. The minimum atomic E-state index is 0. The summed E-state index contributed by atoms with van der Waals surface area (Å²) >= 11 is 0. The van der Waals surface area contributed by atoms with Crippen LogP contribution in [0.5, 0.6) is 0 Å². The highest BCUT2D eigenvalue weighted by Gasteiger charge is 2.32. The predicted molar refractivity (Wildman–Crippen MR) is 96.8 cm³/mol.